The molecule has 2 aliphatic heterocycles. The molecule has 17 heavy (non-hydrogen) atoms. The predicted molar refractivity (Wildman–Crippen MR) is 58.0 cm³/mol. The second-order valence-electron chi connectivity index (χ2n) is 4.40. The van der Waals surface area contributed by atoms with E-state index in [9.17, 15) is 14.7 Å². The van der Waals surface area contributed by atoms with Gasteiger partial charge < -0.3 is 25.3 Å². The van der Waals surface area contributed by atoms with Crippen LogP contribution in [0.3, 0.4) is 0 Å². The molecule has 2 saturated heterocycles. The number of hydrogen-bond acceptors (Lipinski definition) is 5. The first kappa shape index (κ1) is 12.3. The molecule has 0 aromatic heterocycles. The Hall–Kier alpha value is -1.18. The van der Waals surface area contributed by atoms with Gasteiger partial charge in [0.2, 0.25) is 0 Å². The fraction of sp³-hybridized carbons (Fsp3) is 0.800. The lowest BCUT2D eigenvalue weighted by atomic mass is 10.1. The molecule has 0 radical (unpaired) electrons. The van der Waals surface area contributed by atoms with Crippen molar-refractivity contribution < 1.29 is 19.8 Å². The van der Waals surface area contributed by atoms with Gasteiger partial charge in [0.1, 0.15) is 0 Å². The van der Waals surface area contributed by atoms with Crippen LogP contribution < -0.4 is 5.32 Å². The fourth-order valence-corrected chi connectivity index (χ4v) is 2.26. The van der Waals surface area contributed by atoms with Crippen LogP contribution in [0.15, 0.2) is 0 Å². The molecule has 7 heteroatoms. The first-order chi connectivity index (χ1) is 8.13. The van der Waals surface area contributed by atoms with Crippen LogP contribution in [0.25, 0.3) is 0 Å². The number of piperazine rings is 2. The third-order valence-corrected chi connectivity index (χ3v) is 3.15. The summed E-state index contributed by atoms with van der Waals surface area (Å²) < 4.78 is 0. The Bertz CT molecular complexity index is 323. The average molecular weight is 243 g/mol. The van der Waals surface area contributed by atoms with E-state index in [0.29, 0.717) is 26.2 Å². The van der Waals surface area contributed by atoms with Gasteiger partial charge in [-0.05, 0) is 0 Å². The van der Waals surface area contributed by atoms with Crippen molar-refractivity contribution in [3.05, 3.63) is 0 Å². The highest BCUT2D eigenvalue weighted by atomic mass is 16.3. The Kier molecular flexibility index (Phi) is 3.60. The number of aliphatic hydroxyl groups excluding tert-OH is 2. The Morgan fingerprint density at radius 3 is 2.88 bits per heavy atom. The van der Waals surface area contributed by atoms with Crippen LogP contribution in [0.1, 0.15) is 0 Å². The van der Waals surface area contributed by atoms with Crippen LogP contribution >= 0.6 is 0 Å². The lowest BCUT2D eigenvalue weighted by Crippen LogP contribution is -2.66. The summed E-state index contributed by atoms with van der Waals surface area (Å²) in [6.45, 7) is 1.91. The minimum Gasteiger partial charge on any atom is -0.394 e. The van der Waals surface area contributed by atoms with Crippen molar-refractivity contribution in [2.45, 2.75) is 12.1 Å². The average Bonchev–Trinajstić information content (AvgIpc) is 2.35. The first-order valence-corrected chi connectivity index (χ1v) is 5.73. The molecule has 2 rings (SSSR count). The molecule has 0 aliphatic carbocycles. The van der Waals surface area contributed by atoms with Gasteiger partial charge in [0, 0.05) is 32.7 Å². The van der Waals surface area contributed by atoms with Crippen LogP contribution in [0.2, 0.25) is 0 Å². The van der Waals surface area contributed by atoms with E-state index in [1.807, 2.05) is 0 Å². The van der Waals surface area contributed by atoms with Gasteiger partial charge in [-0.15, -0.1) is 0 Å². The van der Waals surface area contributed by atoms with E-state index in [0.717, 1.165) is 0 Å². The fourth-order valence-electron chi connectivity index (χ4n) is 2.26. The van der Waals surface area contributed by atoms with Gasteiger partial charge in [-0.3, -0.25) is 9.59 Å². The van der Waals surface area contributed by atoms with Gasteiger partial charge in [-0.2, -0.15) is 0 Å². The molecule has 96 valence electrons. The highest BCUT2D eigenvalue weighted by Crippen LogP contribution is 2.14. The highest BCUT2D eigenvalue weighted by Gasteiger charge is 2.40. The molecule has 0 saturated carbocycles. The normalized spacial score (nSPS) is 27.1. The van der Waals surface area contributed by atoms with E-state index in [2.05, 4.69) is 5.32 Å². The van der Waals surface area contributed by atoms with E-state index in [1.165, 1.54) is 4.90 Å². The summed E-state index contributed by atoms with van der Waals surface area (Å²) in [5.74, 6) is -1.09. The quantitative estimate of drug-likeness (QED) is 0.459. The van der Waals surface area contributed by atoms with Crippen molar-refractivity contribution in [1.29, 1.82) is 0 Å². The van der Waals surface area contributed by atoms with Crippen LogP contribution in [0, 0.1) is 0 Å². The predicted octanol–water partition coefficient (Wildman–Crippen LogP) is -3.02. The van der Waals surface area contributed by atoms with E-state index < -0.39 is 24.5 Å². The van der Waals surface area contributed by atoms with Gasteiger partial charge >= 0.3 is 11.8 Å². The molecule has 0 bridgehead atoms. The SMILES string of the molecule is O=C1C(=O)N2CCNCC2CN1CC(O)CO. The highest BCUT2D eigenvalue weighted by molar-refractivity contribution is 6.35. The third kappa shape index (κ3) is 2.41. The van der Waals surface area contributed by atoms with Gasteiger partial charge in [-0.1, -0.05) is 0 Å². The molecule has 3 N–H and O–H groups in total. The Morgan fingerprint density at radius 1 is 1.41 bits per heavy atom. The summed E-state index contributed by atoms with van der Waals surface area (Å²) in [6.07, 6.45) is -0.991. The maximum absolute atomic E-state index is 11.8. The van der Waals surface area contributed by atoms with E-state index >= 15 is 0 Å². The number of β-amino-alcohol motifs (C(OH)–C–C–N with tert-alkyl or cyclic N) is 1. The summed E-state index contributed by atoms with van der Waals surface area (Å²) in [5, 5.41) is 21.2. The number of fused-ring (bicyclic) bond motifs is 1. The minimum atomic E-state index is -0.991. The zero-order valence-corrected chi connectivity index (χ0v) is 9.50. The second-order valence-corrected chi connectivity index (χ2v) is 4.40. The molecule has 0 aromatic rings. The monoisotopic (exact) mass is 243 g/mol. The van der Waals surface area contributed by atoms with Crippen molar-refractivity contribution in [3.8, 4) is 0 Å². The molecule has 7 nitrogen and oxygen atoms in total. The summed E-state index contributed by atoms with van der Waals surface area (Å²) in [5.41, 5.74) is 0. The lowest BCUT2D eigenvalue weighted by Gasteiger charge is -2.43. The number of nitrogens with zero attached hydrogens (tertiary/aromatic N) is 2. The molecule has 2 heterocycles. The van der Waals surface area contributed by atoms with E-state index in [4.69, 9.17) is 5.11 Å². The first-order valence-electron chi connectivity index (χ1n) is 5.73. The molecule has 2 unspecified atom stereocenters. The molecule has 0 aromatic carbocycles. The third-order valence-electron chi connectivity index (χ3n) is 3.15. The van der Waals surface area contributed by atoms with Crippen LogP contribution in [0.5, 0.6) is 0 Å². The number of nitrogens with one attached hydrogen (secondary N) is 1. The molecular formula is C10H17N3O4. The zero-order chi connectivity index (χ0) is 12.4. The van der Waals surface area contributed by atoms with Crippen LogP contribution in [-0.4, -0.2) is 83.3 Å². The van der Waals surface area contributed by atoms with Gasteiger partial charge in [-0.25, -0.2) is 0 Å². The molecule has 2 aliphatic rings. The molecule has 2 fully saturated rings. The van der Waals surface area contributed by atoms with Gasteiger partial charge in [0.25, 0.3) is 0 Å². The van der Waals surface area contributed by atoms with E-state index in [1.54, 1.807) is 4.90 Å². The van der Waals surface area contributed by atoms with Crippen molar-refractivity contribution in [3.63, 3.8) is 0 Å². The number of hydrogen-bond donors (Lipinski definition) is 3. The van der Waals surface area contributed by atoms with Crippen molar-refractivity contribution >= 4 is 11.8 Å². The van der Waals surface area contributed by atoms with Gasteiger partial charge in [0.05, 0.1) is 18.8 Å². The number of aliphatic hydroxyl groups is 2. The lowest BCUT2D eigenvalue weighted by molar-refractivity contribution is -0.161. The minimum absolute atomic E-state index is 0.00537. The number of carbonyl (C=O) groups excluding carboxylic acids is 2. The topological polar surface area (TPSA) is 93.1 Å². The smallest absolute Gasteiger partial charge is 0.312 e. The number of carbonyl (C=O) groups is 2. The van der Waals surface area contributed by atoms with Gasteiger partial charge in [0.15, 0.2) is 0 Å². The van der Waals surface area contributed by atoms with E-state index in [-0.39, 0.29) is 12.6 Å². The van der Waals surface area contributed by atoms with Crippen molar-refractivity contribution in [1.82, 2.24) is 15.1 Å². The Labute approximate surface area is 99.0 Å². The van der Waals surface area contributed by atoms with Crippen molar-refractivity contribution in [2.75, 3.05) is 39.3 Å². The summed E-state index contributed by atoms with van der Waals surface area (Å²) in [4.78, 5) is 26.5. The number of amides is 2. The molecule has 0 spiro atoms. The van der Waals surface area contributed by atoms with Crippen LogP contribution in [-0.2, 0) is 9.59 Å². The summed E-state index contributed by atoms with van der Waals surface area (Å²) in [7, 11) is 0. The van der Waals surface area contributed by atoms with Crippen molar-refractivity contribution in [2.24, 2.45) is 0 Å². The molecule has 2 amide bonds. The van der Waals surface area contributed by atoms with Crippen LogP contribution in [0.4, 0.5) is 0 Å². The summed E-state index contributed by atoms with van der Waals surface area (Å²) >= 11 is 0. The second kappa shape index (κ2) is 4.99. The number of rotatable bonds is 3. The Morgan fingerprint density at radius 2 is 2.18 bits per heavy atom. The maximum Gasteiger partial charge on any atom is 0.312 e. The Balaban J connectivity index is 2.05. The maximum atomic E-state index is 11.8. The zero-order valence-electron chi connectivity index (χ0n) is 9.50. The largest absolute Gasteiger partial charge is 0.394 e. The molecule has 2 atom stereocenters. The standard InChI is InChI=1S/C10H17N3O4/c14-6-8(15)5-12-4-7-3-11-1-2-13(7)10(17)9(12)16/h7-8,11,14-15H,1-6H2. The molecular weight excluding hydrogens is 226 g/mol. The summed E-state index contributed by atoms with van der Waals surface area (Å²) in [6, 6.07) is -0.0279.